The van der Waals surface area contributed by atoms with Crippen LogP contribution in [0.4, 0.5) is 4.79 Å². The minimum atomic E-state index is -0.888. The number of nitrogens with one attached hydrogen (secondary N) is 1. The summed E-state index contributed by atoms with van der Waals surface area (Å²) in [6.45, 7) is 3.81. The van der Waals surface area contributed by atoms with Gasteiger partial charge in [-0.3, -0.25) is 9.59 Å². The van der Waals surface area contributed by atoms with Crippen molar-refractivity contribution in [1.82, 2.24) is 15.1 Å². The standard InChI is InChI=1S/C19H27N3O4/c1-2-21-11-6-12-22(14-17(21)23)19(26)20-16(9-10-18(24)25)13-15-7-4-3-5-8-15/h3-5,7-8,16H,2,6,9-14H2,1H3,(H,20,26)(H,24,25). The van der Waals surface area contributed by atoms with Crippen LogP contribution in [0, 0.1) is 0 Å². The van der Waals surface area contributed by atoms with E-state index in [1.165, 1.54) is 4.90 Å². The van der Waals surface area contributed by atoms with Gasteiger partial charge in [0.25, 0.3) is 0 Å². The van der Waals surface area contributed by atoms with E-state index in [9.17, 15) is 14.4 Å². The summed E-state index contributed by atoms with van der Waals surface area (Å²) >= 11 is 0. The molecule has 0 spiro atoms. The van der Waals surface area contributed by atoms with Crippen LogP contribution in [0.2, 0.25) is 0 Å². The number of nitrogens with zero attached hydrogens (tertiary/aromatic N) is 2. The summed E-state index contributed by atoms with van der Waals surface area (Å²) in [6, 6.07) is 9.06. The lowest BCUT2D eigenvalue weighted by atomic mass is 10.0. The van der Waals surface area contributed by atoms with E-state index in [2.05, 4.69) is 5.32 Å². The van der Waals surface area contributed by atoms with E-state index in [-0.39, 0.29) is 30.9 Å². The quantitative estimate of drug-likeness (QED) is 0.774. The maximum Gasteiger partial charge on any atom is 0.318 e. The number of carboxylic acid groups (broad SMARTS) is 1. The fraction of sp³-hybridized carbons (Fsp3) is 0.526. The van der Waals surface area contributed by atoms with Crippen LogP contribution in [-0.4, -0.2) is 65.0 Å². The van der Waals surface area contributed by atoms with Crippen molar-refractivity contribution in [3.8, 4) is 0 Å². The van der Waals surface area contributed by atoms with Gasteiger partial charge in [-0.15, -0.1) is 0 Å². The minimum absolute atomic E-state index is 0.0136. The van der Waals surface area contributed by atoms with Gasteiger partial charge in [0.15, 0.2) is 0 Å². The van der Waals surface area contributed by atoms with Gasteiger partial charge in [0, 0.05) is 32.1 Å². The highest BCUT2D eigenvalue weighted by Crippen LogP contribution is 2.10. The second-order valence-corrected chi connectivity index (χ2v) is 6.52. The lowest BCUT2D eigenvalue weighted by molar-refractivity contribution is -0.137. The second-order valence-electron chi connectivity index (χ2n) is 6.52. The van der Waals surface area contributed by atoms with Gasteiger partial charge in [-0.2, -0.15) is 0 Å². The Hall–Kier alpha value is -2.57. The number of benzene rings is 1. The first-order valence-corrected chi connectivity index (χ1v) is 9.08. The predicted octanol–water partition coefficient (Wildman–Crippen LogP) is 1.73. The molecule has 1 aliphatic rings. The Morgan fingerprint density at radius 3 is 2.62 bits per heavy atom. The molecule has 3 amide bonds. The summed E-state index contributed by atoms with van der Waals surface area (Å²) in [4.78, 5) is 39.0. The molecule has 1 aliphatic heterocycles. The molecule has 1 atom stereocenters. The number of hydrogen-bond donors (Lipinski definition) is 2. The molecule has 7 heteroatoms. The van der Waals surface area contributed by atoms with Crippen molar-refractivity contribution >= 4 is 17.9 Å². The van der Waals surface area contributed by atoms with Crippen molar-refractivity contribution in [2.75, 3.05) is 26.2 Å². The highest BCUT2D eigenvalue weighted by Gasteiger charge is 2.25. The van der Waals surface area contributed by atoms with Gasteiger partial charge in [0.2, 0.25) is 5.91 Å². The zero-order valence-electron chi connectivity index (χ0n) is 15.2. The molecule has 1 unspecified atom stereocenters. The predicted molar refractivity (Wildman–Crippen MR) is 97.8 cm³/mol. The van der Waals surface area contributed by atoms with Gasteiger partial charge in [0.05, 0.1) is 0 Å². The molecule has 0 aliphatic carbocycles. The van der Waals surface area contributed by atoms with Gasteiger partial charge < -0.3 is 20.2 Å². The van der Waals surface area contributed by atoms with Crippen molar-refractivity contribution in [2.24, 2.45) is 0 Å². The van der Waals surface area contributed by atoms with E-state index in [1.807, 2.05) is 37.3 Å². The normalized spacial score (nSPS) is 16.1. The molecule has 1 aromatic carbocycles. The molecule has 0 radical (unpaired) electrons. The maximum absolute atomic E-state index is 12.6. The Balaban J connectivity index is 2.00. The molecule has 2 N–H and O–H groups in total. The first kappa shape index (κ1) is 19.8. The molecule has 26 heavy (non-hydrogen) atoms. The third-order valence-corrected chi connectivity index (χ3v) is 4.56. The zero-order valence-corrected chi connectivity index (χ0v) is 15.2. The molecule has 0 saturated carbocycles. The fourth-order valence-electron chi connectivity index (χ4n) is 3.11. The van der Waals surface area contributed by atoms with Crippen molar-refractivity contribution in [3.63, 3.8) is 0 Å². The summed E-state index contributed by atoms with van der Waals surface area (Å²) in [6.07, 6.45) is 1.63. The molecule has 7 nitrogen and oxygen atoms in total. The number of carbonyl (C=O) groups is 3. The Morgan fingerprint density at radius 2 is 1.96 bits per heavy atom. The average Bonchev–Trinajstić information content (AvgIpc) is 2.81. The summed E-state index contributed by atoms with van der Waals surface area (Å²) < 4.78 is 0. The van der Waals surface area contributed by atoms with Gasteiger partial charge in [-0.25, -0.2) is 4.79 Å². The molecule has 1 aromatic rings. The third-order valence-electron chi connectivity index (χ3n) is 4.56. The van der Waals surface area contributed by atoms with E-state index < -0.39 is 5.97 Å². The fourth-order valence-corrected chi connectivity index (χ4v) is 3.11. The van der Waals surface area contributed by atoms with Gasteiger partial charge >= 0.3 is 12.0 Å². The molecule has 2 rings (SSSR count). The Labute approximate surface area is 154 Å². The highest BCUT2D eigenvalue weighted by atomic mass is 16.4. The van der Waals surface area contributed by atoms with Gasteiger partial charge in [0.1, 0.15) is 6.54 Å². The van der Waals surface area contributed by atoms with Crippen LogP contribution in [0.25, 0.3) is 0 Å². The topological polar surface area (TPSA) is 89.9 Å². The van der Waals surface area contributed by atoms with E-state index >= 15 is 0 Å². The van der Waals surface area contributed by atoms with Gasteiger partial charge in [-0.1, -0.05) is 30.3 Å². The number of hydrogen-bond acceptors (Lipinski definition) is 3. The second kappa shape index (κ2) is 9.79. The molecule has 0 bridgehead atoms. The van der Waals surface area contributed by atoms with E-state index in [1.54, 1.807) is 4.90 Å². The van der Waals surface area contributed by atoms with Crippen molar-refractivity contribution in [3.05, 3.63) is 35.9 Å². The van der Waals surface area contributed by atoms with Crippen LogP contribution in [0.15, 0.2) is 30.3 Å². The van der Waals surface area contributed by atoms with Crippen LogP contribution in [0.1, 0.15) is 31.7 Å². The number of rotatable bonds is 7. The number of carboxylic acids is 1. The Bertz CT molecular complexity index is 620. The minimum Gasteiger partial charge on any atom is -0.481 e. The van der Waals surface area contributed by atoms with E-state index in [0.29, 0.717) is 32.5 Å². The zero-order chi connectivity index (χ0) is 18.9. The number of urea groups is 1. The molecular weight excluding hydrogens is 334 g/mol. The Morgan fingerprint density at radius 1 is 1.23 bits per heavy atom. The lowest BCUT2D eigenvalue weighted by Crippen LogP contribution is -2.48. The molecule has 1 heterocycles. The first-order chi connectivity index (χ1) is 12.5. The number of amides is 3. The number of likely N-dealkylation sites (N-methyl/N-ethyl adjacent to an activating group) is 1. The SMILES string of the molecule is CCN1CCCN(C(=O)NC(CCC(=O)O)Cc2ccccc2)CC1=O. The summed E-state index contributed by atoms with van der Waals surface area (Å²) in [5.41, 5.74) is 1.03. The van der Waals surface area contributed by atoms with Crippen LogP contribution in [0.3, 0.4) is 0 Å². The molecule has 1 fully saturated rings. The van der Waals surface area contributed by atoms with Crippen molar-refractivity contribution in [2.45, 2.75) is 38.6 Å². The number of aliphatic carboxylic acids is 1. The van der Waals surface area contributed by atoms with Crippen LogP contribution in [-0.2, 0) is 16.0 Å². The molecule has 0 aromatic heterocycles. The van der Waals surface area contributed by atoms with Crippen molar-refractivity contribution < 1.29 is 19.5 Å². The van der Waals surface area contributed by atoms with Crippen LogP contribution in [0.5, 0.6) is 0 Å². The molecule has 142 valence electrons. The smallest absolute Gasteiger partial charge is 0.318 e. The Kier molecular flexibility index (Phi) is 7.44. The number of carbonyl (C=O) groups excluding carboxylic acids is 2. The molecular formula is C19H27N3O4. The largest absolute Gasteiger partial charge is 0.481 e. The first-order valence-electron chi connectivity index (χ1n) is 9.08. The average molecular weight is 361 g/mol. The summed E-state index contributed by atoms with van der Waals surface area (Å²) in [5.74, 6) is -0.939. The van der Waals surface area contributed by atoms with Crippen LogP contribution >= 0.6 is 0 Å². The van der Waals surface area contributed by atoms with E-state index in [0.717, 1.165) is 12.0 Å². The summed E-state index contributed by atoms with van der Waals surface area (Å²) in [7, 11) is 0. The van der Waals surface area contributed by atoms with Crippen molar-refractivity contribution in [1.29, 1.82) is 0 Å². The third kappa shape index (κ3) is 6.06. The van der Waals surface area contributed by atoms with Gasteiger partial charge in [-0.05, 0) is 31.7 Å². The maximum atomic E-state index is 12.6. The highest BCUT2D eigenvalue weighted by molar-refractivity contribution is 5.84. The summed E-state index contributed by atoms with van der Waals surface area (Å²) in [5, 5.41) is 11.9. The van der Waals surface area contributed by atoms with Crippen LogP contribution < -0.4 is 5.32 Å². The lowest BCUT2D eigenvalue weighted by Gasteiger charge is -2.25. The van der Waals surface area contributed by atoms with E-state index in [4.69, 9.17) is 5.11 Å². The monoisotopic (exact) mass is 361 g/mol. The molecule has 1 saturated heterocycles.